The fraction of sp³-hybridized carbons (Fsp3) is 0. The van der Waals surface area contributed by atoms with E-state index in [9.17, 15) is 9.18 Å². The summed E-state index contributed by atoms with van der Waals surface area (Å²) in [7, 11) is 0. The average molecular weight is 226 g/mol. The number of carbonyl (C=O) groups excluding carboxylic acids is 1. The van der Waals surface area contributed by atoms with E-state index in [1.165, 1.54) is 12.1 Å². The molecular formula is C15H11FO. The highest BCUT2D eigenvalue weighted by Crippen LogP contribution is 2.13. The zero-order valence-electron chi connectivity index (χ0n) is 9.14. The van der Waals surface area contributed by atoms with Gasteiger partial charge in [0.15, 0.2) is 6.29 Å². The summed E-state index contributed by atoms with van der Waals surface area (Å²) < 4.78 is 12.9. The molecule has 0 amide bonds. The van der Waals surface area contributed by atoms with Gasteiger partial charge < -0.3 is 0 Å². The van der Waals surface area contributed by atoms with Crippen LogP contribution in [0.4, 0.5) is 4.39 Å². The standard InChI is InChI=1S/C15H11FO/c16-15-9-8-13(14(10-15)11-17)7-6-12-4-2-1-3-5-12/h1-11H/b7-6+. The largest absolute Gasteiger partial charge is 0.298 e. The topological polar surface area (TPSA) is 17.1 Å². The fourth-order valence-electron chi connectivity index (χ4n) is 1.55. The molecule has 0 atom stereocenters. The lowest BCUT2D eigenvalue weighted by Crippen LogP contribution is -1.87. The predicted octanol–water partition coefficient (Wildman–Crippen LogP) is 3.81. The van der Waals surface area contributed by atoms with Crippen LogP contribution in [0.15, 0.2) is 48.5 Å². The number of carbonyl (C=O) groups is 1. The fourth-order valence-corrected chi connectivity index (χ4v) is 1.55. The lowest BCUT2D eigenvalue weighted by Gasteiger charge is -1.99. The normalized spacial score (nSPS) is 10.6. The van der Waals surface area contributed by atoms with E-state index in [1.54, 1.807) is 12.1 Å². The lowest BCUT2D eigenvalue weighted by atomic mass is 10.1. The highest BCUT2D eigenvalue weighted by Gasteiger charge is 1.99. The van der Waals surface area contributed by atoms with E-state index >= 15 is 0 Å². The summed E-state index contributed by atoms with van der Waals surface area (Å²) in [6.45, 7) is 0. The van der Waals surface area contributed by atoms with E-state index in [0.29, 0.717) is 17.4 Å². The molecule has 84 valence electrons. The second-order valence-corrected chi connectivity index (χ2v) is 3.64. The summed E-state index contributed by atoms with van der Waals surface area (Å²) >= 11 is 0. The number of aldehydes is 1. The second kappa shape index (κ2) is 5.21. The summed E-state index contributed by atoms with van der Waals surface area (Å²) in [6, 6.07) is 13.9. The highest BCUT2D eigenvalue weighted by molar-refractivity contribution is 5.84. The maximum Gasteiger partial charge on any atom is 0.150 e. The van der Waals surface area contributed by atoms with Crippen LogP contribution in [0.5, 0.6) is 0 Å². The van der Waals surface area contributed by atoms with E-state index in [0.717, 1.165) is 5.56 Å². The first-order chi connectivity index (χ1) is 8.29. The molecule has 2 heteroatoms. The Labute approximate surface area is 99.2 Å². The Morgan fingerprint density at radius 3 is 2.35 bits per heavy atom. The van der Waals surface area contributed by atoms with Crippen molar-refractivity contribution in [3.8, 4) is 0 Å². The third kappa shape index (κ3) is 2.88. The van der Waals surface area contributed by atoms with Crippen molar-refractivity contribution in [3.63, 3.8) is 0 Å². The van der Waals surface area contributed by atoms with E-state index in [-0.39, 0.29) is 0 Å². The van der Waals surface area contributed by atoms with Crippen LogP contribution in [0.1, 0.15) is 21.5 Å². The maximum atomic E-state index is 12.9. The van der Waals surface area contributed by atoms with Gasteiger partial charge in [-0.05, 0) is 23.3 Å². The second-order valence-electron chi connectivity index (χ2n) is 3.64. The van der Waals surface area contributed by atoms with Gasteiger partial charge in [0.2, 0.25) is 0 Å². The number of hydrogen-bond acceptors (Lipinski definition) is 1. The third-order valence-electron chi connectivity index (χ3n) is 2.43. The number of hydrogen-bond donors (Lipinski definition) is 0. The minimum atomic E-state index is -0.399. The van der Waals surface area contributed by atoms with Crippen LogP contribution in [0.2, 0.25) is 0 Å². The van der Waals surface area contributed by atoms with Crippen molar-refractivity contribution < 1.29 is 9.18 Å². The minimum absolute atomic E-state index is 0.359. The molecule has 0 radical (unpaired) electrons. The Morgan fingerprint density at radius 1 is 0.882 bits per heavy atom. The van der Waals surface area contributed by atoms with Crippen LogP contribution in [0, 0.1) is 5.82 Å². The van der Waals surface area contributed by atoms with Gasteiger partial charge in [0.25, 0.3) is 0 Å². The number of rotatable bonds is 3. The molecule has 0 aliphatic carbocycles. The zero-order chi connectivity index (χ0) is 12.1. The molecule has 0 aromatic heterocycles. The summed E-state index contributed by atoms with van der Waals surface area (Å²) in [6.07, 6.45) is 4.35. The van der Waals surface area contributed by atoms with Crippen LogP contribution in [-0.4, -0.2) is 6.29 Å². The van der Waals surface area contributed by atoms with Crippen molar-refractivity contribution in [2.75, 3.05) is 0 Å². The molecule has 0 aliphatic heterocycles. The zero-order valence-corrected chi connectivity index (χ0v) is 9.14. The smallest absolute Gasteiger partial charge is 0.150 e. The van der Waals surface area contributed by atoms with Crippen molar-refractivity contribution >= 4 is 18.4 Å². The van der Waals surface area contributed by atoms with Gasteiger partial charge in [-0.1, -0.05) is 48.6 Å². The molecule has 0 saturated heterocycles. The quantitative estimate of drug-likeness (QED) is 0.574. The minimum Gasteiger partial charge on any atom is -0.298 e. The highest BCUT2D eigenvalue weighted by atomic mass is 19.1. The average Bonchev–Trinajstić information content (AvgIpc) is 2.38. The molecule has 1 nitrogen and oxygen atoms in total. The van der Waals surface area contributed by atoms with Gasteiger partial charge in [-0.3, -0.25) is 4.79 Å². The Morgan fingerprint density at radius 2 is 1.65 bits per heavy atom. The molecule has 2 rings (SSSR count). The summed E-state index contributed by atoms with van der Waals surface area (Å²) in [5.41, 5.74) is 2.11. The van der Waals surface area contributed by atoms with Gasteiger partial charge in [0.05, 0.1) is 0 Å². The Hall–Kier alpha value is -2.22. The van der Waals surface area contributed by atoms with Crippen LogP contribution in [0.25, 0.3) is 12.2 Å². The van der Waals surface area contributed by atoms with E-state index in [1.807, 2.05) is 36.4 Å². The molecule has 0 bridgehead atoms. The van der Waals surface area contributed by atoms with Crippen LogP contribution in [0.3, 0.4) is 0 Å². The number of halogens is 1. The van der Waals surface area contributed by atoms with Gasteiger partial charge in [0.1, 0.15) is 5.82 Å². The molecular weight excluding hydrogens is 215 g/mol. The molecule has 2 aromatic carbocycles. The molecule has 0 saturated carbocycles. The molecule has 0 unspecified atom stereocenters. The first kappa shape index (κ1) is 11.3. The van der Waals surface area contributed by atoms with E-state index in [4.69, 9.17) is 0 Å². The van der Waals surface area contributed by atoms with Crippen LogP contribution >= 0.6 is 0 Å². The van der Waals surface area contributed by atoms with Gasteiger partial charge in [-0.15, -0.1) is 0 Å². The molecule has 0 N–H and O–H groups in total. The van der Waals surface area contributed by atoms with Crippen molar-refractivity contribution in [3.05, 3.63) is 71.0 Å². The van der Waals surface area contributed by atoms with Gasteiger partial charge in [0, 0.05) is 5.56 Å². The maximum absolute atomic E-state index is 12.9. The molecule has 0 heterocycles. The summed E-state index contributed by atoms with van der Waals surface area (Å²) in [5, 5.41) is 0. The van der Waals surface area contributed by atoms with Gasteiger partial charge >= 0.3 is 0 Å². The summed E-state index contributed by atoms with van der Waals surface area (Å²) in [4.78, 5) is 10.8. The van der Waals surface area contributed by atoms with Crippen molar-refractivity contribution in [1.29, 1.82) is 0 Å². The molecule has 17 heavy (non-hydrogen) atoms. The van der Waals surface area contributed by atoms with Crippen molar-refractivity contribution in [2.24, 2.45) is 0 Å². The Bertz CT molecular complexity index is 544. The van der Waals surface area contributed by atoms with Crippen LogP contribution in [-0.2, 0) is 0 Å². The van der Waals surface area contributed by atoms with Gasteiger partial charge in [-0.25, -0.2) is 4.39 Å². The molecule has 0 spiro atoms. The van der Waals surface area contributed by atoms with Crippen molar-refractivity contribution in [1.82, 2.24) is 0 Å². The van der Waals surface area contributed by atoms with Gasteiger partial charge in [-0.2, -0.15) is 0 Å². The SMILES string of the molecule is O=Cc1cc(F)ccc1/C=C/c1ccccc1. The Kier molecular flexibility index (Phi) is 3.46. The van der Waals surface area contributed by atoms with E-state index < -0.39 is 5.82 Å². The first-order valence-corrected chi connectivity index (χ1v) is 5.27. The molecule has 2 aromatic rings. The third-order valence-corrected chi connectivity index (χ3v) is 2.43. The lowest BCUT2D eigenvalue weighted by molar-refractivity contribution is 0.112. The Balaban J connectivity index is 2.30. The summed E-state index contributed by atoms with van der Waals surface area (Å²) in [5.74, 6) is -0.399. The van der Waals surface area contributed by atoms with Crippen LogP contribution < -0.4 is 0 Å². The predicted molar refractivity (Wildman–Crippen MR) is 67.2 cm³/mol. The number of benzene rings is 2. The van der Waals surface area contributed by atoms with E-state index in [2.05, 4.69) is 0 Å². The molecule has 0 aliphatic rings. The van der Waals surface area contributed by atoms with Crippen molar-refractivity contribution in [2.45, 2.75) is 0 Å². The monoisotopic (exact) mass is 226 g/mol. The molecule has 0 fully saturated rings. The first-order valence-electron chi connectivity index (χ1n) is 5.27.